The van der Waals surface area contributed by atoms with Gasteiger partial charge in [0.25, 0.3) is 0 Å². The number of rotatable bonds is 1. The third-order valence-corrected chi connectivity index (χ3v) is 2.14. The highest BCUT2D eigenvalue weighted by Crippen LogP contribution is 2.36. The lowest BCUT2D eigenvalue weighted by atomic mass is 10.3. The molecular formula is C7H5ClF3NOS. The molecule has 2 nitrogen and oxygen atoms in total. The quantitative estimate of drug-likeness (QED) is 0.587. The Morgan fingerprint density at radius 3 is 2.43 bits per heavy atom. The average molecular weight is 244 g/mol. The molecule has 0 heterocycles. The molecule has 0 fully saturated rings. The van der Waals surface area contributed by atoms with Crippen LogP contribution >= 0.6 is 24.2 Å². The number of thiol groups is 1. The summed E-state index contributed by atoms with van der Waals surface area (Å²) >= 11 is 9.34. The first-order chi connectivity index (χ1) is 6.29. The molecule has 0 bridgehead atoms. The van der Waals surface area contributed by atoms with Gasteiger partial charge in [-0.1, -0.05) is 11.6 Å². The van der Waals surface area contributed by atoms with Crippen LogP contribution in [0.4, 0.5) is 18.9 Å². The maximum absolute atomic E-state index is 11.8. The van der Waals surface area contributed by atoms with E-state index >= 15 is 0 Å². The first kappa shape index (κ1) is 11.3. The lowest BCUT2D eigenvalue weighted by Gasteiger charge is -2.11. The van der Waals surface area contributed by atoms with E-state index < -0.39 is 12.1 Å². The Morgan fingerprint density at radius 1 is 1.36 bits per heavy atom. The van der Waals surface area contributed by atoms with Crippen molar-refractivity contribution in [2.75, 3.05) is 5.73 Å². The van der Waals surface area contributed by atoms with Gasteiger partial charge in [0.2, 0.25) is 0 Å². The number of nitrogens with two attached hydrogens (primary N) is 1. The zero-order valence-corrected chi connectivity index (χ0v) is 8.25. The van der Waals surface area contributed by atoms with E-state index in [1.54, 1.807) is 0 Å². The van der Waals surface area contributed by atoms with Gasteiger partial charge in [-0.05, 0) is 6.07 Å². The molecule has 0 aromatic heterocycles. The Bertz CT molecular complexity index is 356. The lowest BCUT2D eigenvalue weighted by molar-refractivity contribution is -0.274. The molecule has 0 aliphatic rings. The third kappa shape index (κ3) is 2.88. The van der Waals surface area contributed by atoms with Crippen molar-refractivity contribution in [2.24, 2.45) is 0 Å². The van der Waals surface area contributed by atoms with Crippen molar-refractivity contribution in [3.05, 3.63) is 17.2 Å². The molecular weight excluding hydrogens is 239 g/mol. The van der Waals surface area contributed by atoms with Gasteiger partial charge >= 0.3 is 6.36 Å². The number of hydrogen-bond donors (Lipinski definition) is 2. The lowest BCUT2D eigenvalue weighted by Crippen LogP contribution is -2.17. The fourth-order valence-electron chi connectivity index (χ4n) is 0.803. The monoisotopic (exact) mass is 243 g/mol. The van der Waals surface area contributed by atoms with Crippen molar-refractivity contribution >= 4 is 29.9 Å². The average Bonchev–Trinajstić information content (AvgIpc) is 1.96. The molecule has 78 valence electrons. The minimum absolute atomic E-state index is 0.0960. The van der Waals surface area contributed by atoms with Crippen molar-refractivity contribution in [3.63, 3.8) is 0 Å². The van der Waals surface area contributed by atoms with Gasteiger partial charge in [-0.2, -0.15) is 0 Å². The molecule has 0 amide bonds. The smallest absolute Gasteiger partial charge is 0.404 e. The van der Waals surface area contributed by atoms with E-state index in [0.29, 0.717) is 0 Å². The van der Waals surface area contributed by atoms with E-state index in [2.05, 4.69) is 17.4 Å². The summed E-state index contributed by atoms with van der Waals surface area (Å²) in [5.74, 6) is -0.552. The molecule has 2 N–H and O–H groups in total. The van der Waals surface area contributed by atoms with Gasteiger partial charge in [-0.3, -0.25) is 0 Å². The molecule has 0 atom stereocenters. The zero-order chi connectivity index (χ0) is 10.9. The van der Waals surface area contributed by atoms with Gasteiger partial charge in [-0.25, -0.2) is 0 Å². The molecule has 14 heavy (non-hydrogen) atoms. The minimum atomic E-state index is -4.79. The van der Waals surface area contributed by atoms with E-state index in [-0.39, 0.29) is 15.6 Å². The SMILES string of the molecule is Nc1cc(S)c(Cl)c(OC(F)(F)F)c1. The largest absolute Gasteiger partial charge is 0.573 e. The molecule has 1 rings (SSSR count). The summed E-state index contributed by atoms with van der Waals surface area (Å²) in [6, 6.07) is 2.31. The van der Waals surface area contributed by atoms with Crippen molar-refractivity contribution in [3.8, 4) is 5.75 Å². The number of halogens is 4. The summed E-state index contributed by atoms with van der Waals surface area (Å²) in [6.07, 6.45) is -4.79. The minimum Gasteiger partial charge on any atom is -0.404 e. The molecule has 0 aliphatic carbocycles. The second-order valence-electron chi connectivity index (χ2n) is 2.40. The van der Waals surface area contributed by atoms with Crippen LogP contribution in [0.15, 0.2) is 17.0 Å². The third-order valence-electron chi connectivity index (χ3n) is 1.27. The summed E-state index contributed by atoms with van der Waals surface area (Å²) < 4.78 is 39.1. The predicted molar refractivity (Wildman–Crippen MR) is 49.8 cm³/mol. The molecule has 0 spiro atoms. The highest BCUT2D eigenvalue weighted by molar-refractivity contribution is 7.80. The van der Waals surface area contributed by atoms with E-state index in [9.17, 15) is 13.2 Å². The predicted octanol–water partition coefficient (Wildman–Crippen LogP) is 3.11. The van der Waals surface area contributed by atoms with Crippen LogP contribution in [0.3, 0.4) is 0 Å². The van der Waals surface area contributed by atoms with Crippen LogP contribution in [-0.4, -0.2) is 6.36 Å². The Balaban J connectivity index is 3.09. The van der Waals surface area contributed by atoms with Crippen LogP contribution in [0.25, 0.3) is 0 Å². The summed E-state index contributed by atoms with van der Waals surface area (Å²) in [4.78, 5) is 0.130. The molecule has 0 saturated carbocycles. The Morgan fingerprint density at radius 2 is 1.93 bits per heavy atom. The number of ether oxygens (including phenoxy) is 1. The van der Waals surface area contributed by atoms with E-state index in [1.807, 2.05) is 0 Å². The topological polar surface area (TPSA) is 35.2 Å². The molecule has 1 aromatic rings. The maximum Gasteiger partial charge on any atom is 0.573 e. The van der Waals surface area contributed by atoms with Crippen LogP contribution in [0.1, 0.15) is 0 Å². The maximum atomic E-state index is 11.8. The van der Waals surface area contributed by atoms with E-state index in [0.717, 1.165) is 6.07 Å². The summed E-state index contributed by atoms with van der Waals surface area (Å²) in [5, 5.41) is -0.222. The van der Waals surface area contributed by atoms with Gasteiger partial charge in [0.05, 0.1) is 5.02 Å². The molecule has 1 aromatic carbocycles. The molecule has 0 unspecified atom stereocenters. The first-order valence-corrected chi connectivity index (χ1v) is 4.16. The van der Waals surface area contributed by atoms with Crippen LogP contribution in [0.5, 0.6) is 5.75 Å². The summed E-state index contributed by atoms with van der Waals surface area (Å²) in [7, 11) is 0. The van der Waals surface area contributed by atoms with Crippen LogP contribution < -0.4 is 10.5 Å². The second kappa shape index (κ2) is 3.78. The van der Waals surface area contributed by atoms with Gasteiger partial charge in [0.1, 0.15) is 0 Å². The van der Waals surface area contributed by atoms with E-state index in [4.69, 9.17) is 17.3 Å². The number of anilines is 1. The Labute approximate surface area is 88.2 Å². The van der Waals surface area contributed by atoms with Crippen LogP contribution in [0, 0.1) is 0 Å². The number of benzene rings is 1. The van der Waals surface area contributed by atoms with Crippen molar-refractivity contribution < 1.29 is 17.9 Å². The fraction of sp³-hybridized carbons (Fsp3) is 0.143. The second-order valence-corrected chi connectivity index (χ2v) is 3.26. The summed E-state index contributed by atoms with van der Waals surface area (Å²) in [6.45, 7) is 0. The van der Waals surface area contributed by atoms with Crippen molar-refractivity contribution in [2.45, 2.75) is 11.3 Å². The van der Waals surface area contributed by atoms with Gasteiger partial charge < -0.3 is 10.5 Å². The van der Waals surface area contributed by atoms with Crippen molar-refractivity contribution in [1.82, 2.24) is 0 Å². The zero-order valence-electron chi connectivity index (χ0n) is 6.60. The molecule has 7 heteroatoms. The van der Waals surface area contributed by atoms with Crippen LogP contribution in [-0.2, 0) is 0 Å². The molecule has 0 saturated heterocycles. The standard InChI is InChI=1S/C7H5ClF3NOS/c8-6-4(13-7(9,10)11)1-3(12)2-5(6)14/h1-2,14H,12H2. The Kier molecular flexibility index (Phi) is 3.06. The van der Waals surface area contributed by atoms with Gasteiger partial charge in [0, 0.05) is 16.6 Å². The summed E-state index contributed by atoms with van der Waals surface area (Å²) in [5.41, 5.74) is 5.39. The van der Waals surface area contributed by atoms with Gasteiger partial charge in [-0.15, -0.1) is 25.8 Å². The normalized spacial score (nSPS) is 11.5. The highest BCUT2D eigenvalue weighted by atomic mass is 35.5. The van der Waals surface area contributed by atoms with E-state index in [1.165, 1.54) is 6.07 Å². The Hall–Kier alpha value is -0.750. The fourth-order valence-corrected chi connectivity index (χ4v) is 1.21. The first-order valence-electron chi connectivity index (χ1n) is 3.33. The number of alkyl halides is 3. The van der Waals surface area contributed by atoms with Crippen LogP contribution in [0.2, 0.25) is 5.02 Å². The molecule has 0 radical (unpaired) electrons. The number of nitrogen functional groups attached to an aromatic ring is 1. The van der Waals surface area contributed by atoms with Gasteiger partial charge in [0.15, 0.2) is 5.75 Å². The highest BCUT2D eigenvalue weighted by Gasteiger charge is 2.32. The number of hydrogen-bond acceptors (Lipinski definition) is 3. The molecule has 0 aliphatic heterocycles. The van der Waals surface area contributed by atoms with Crippen molar-refractivity contribution in [1.29, 1.82) is 0 Å².